The molecule has 1 aromatic carbocycles. The van der Waals surface area contributed by atoms with Crippen LogP contribution >= 0.6 is 0 Å². The van der Waals surface area contributed by atoms with Gasteiger partial charge in [0.25, 0.3) is 0 Å². The minimum absolute atomic E-state index is 0.241. The van der Waals surface area contributed by atoms with Gasteiger partial charge in [-0.25, -0.2) is 0 Å². The summed E-state index contributed by atoms with van der Waals surface area (Å²) in [6.07, 6.45) is 2.49. The molecule has 6 heteroatoms. The molecule has 2 rings (SSSR count). The molecular formula is C21H34N2O4. The van der Waals surface area contributed by atoms with Gasteiger partial charge in [-0.3, -0.25) is 4.90 Å². The maximum Gasteiger partial charge on any atom is 0.188 e. The van der Waals surface area contributed by atoms with Crippen LogP contribution in [0.2, 0.25) is 0 Å². The van der Waals surface area contributed by atoms with Crippen molar-refractivity contribution in [3.05, 3.63) is 29.8 Å². The van der Waals surface area contributed by atoms with Crippen LogP contribution in [0.1, 0.15) is 46.1 Å². The van der Waals surface area contributed by atoms with Gasteiger partial charge in [0.05, 0.1) is 18.4 Å². The Balaban J connectivity index is 1.64. The van der Waals surface area contributed by atoms with Crippen molar-refractivity contribution in [2.24, 2.45) is 5.16 Å². The molecule has 0 unspecified atom stereocenters. The normalized spacial score (nSPS) is 17.1. The first-order valence-corrected chi connectivity index (χ1v) is 9.65. The molecule has 27 heavy (non-hydrogen) atoms. The molecule has 0 aliphatic carbocycles. The van der Waals surface area contributed by atoms with Gasteiger partial charge in [-0.1, -0.05) is 5.16 Å². The molecule has 0 radical (unpaired) electrons. The zero-order chi connectivity index (χ0) is 19.7. The van der Waals surface area contributed by atoms with Gasteiger partial charge in [-0.2, -0.15) is 0 Å². The Labute approximate surface area is 163 Å². The lowest BCUT2D eigenvalue weighted by Gasteiger charge is -2.40. The van der Waals surface area contributed by atoms with Crippen molar-refractivity contribution >= 4 is 5.71 Å². The number of oxime groups is 1. The molecule has 0 saturated carbocycles. The fourth-order valence-corrected chi connectivity index (χ4v) is 3.06. The highest BCUT2D eigenvalue weighted by Gasteiger charge is 2.27. The van der Waals surface area contributed by atoms with Crippen LogP contribution in [0.3, 0.4) is 0 Å². The first-order valence-electron chi connectivity index (χ1n) is 9.65. The van der Waals surface area contributed by atoms with Gasteiger partial charge in [-0.15, -0.1) is 0 Å². The maximum atomic E-state index is 5.94. The third-order valence-electron chi connectivity index (χ3n) is 4.74. The molecule has 1 heterocycles. The van der Waals surface area contributed by atoms with Gasteiger partial charge in [0, 0.05) is 25.7 Å². The largest absolute Gasteiger partial charge is 0.468 e. The SMILES string of the molecule is COCOc1ccc(C(C)=NOCCOC2CCN(C(C)(C)C)CC2)cc1. The fourth-order valence-electron chi connectivity index (χ4n) is 3.06. The lowest BCUT2D eigenvalue weighted by Crippen LogP contribution is -2.47. The van der Waals surface area contributed by atoms with Crippen LogP contribution in [-0.2, 0) is 14.3 Å². The van der Waals surface area contributed by atoms with E-state index in [0.29, 0.717) is 19.3 Å². The van der Waals surface area contributed by atoms with Crippen LogP contribution in [0.5, 0.6) is 5.75 Å². The number of hydrogen-bond acceptors (Lipinski definition) is 6. The average molecular weight is 379 g/mol. The third-order valence-corrected chi connectivity index (χ3v) is 4.74. The van der Waals surface area contributed by atoms with Crippen molar-refractivity contribution in [2.75, 3.05) is 40.2 Å². The molecular weight excluding hydrogens is 344 g/mol. The molecule has 0 amide bonds. The Hall–Kier alpha value is -1.63. The summed E-state index contributed by atoms with van der Waals surface area (Å²) < 4.78 is 16.2. The van der Waals surface area contributed by atoms with E-state index >= 15 is 0 Å². The first-order chi connectivity index (χ1) is 12.9. The summed E-state index contributed by atoms with van der Waals surface area (Å²) >= 11 is 0. The Morgan fingerprint density at radius 2 is 1.78 bits per heavy atom. The third kappa shape index (κ3) is 7.48. The quantitative estimate of drug-likeness (QED) is 0.284. The summed E-state index contributed by atoms with van der Waals surface area (Å²) in [5, 5.41) is 4.18. The zero-order valence-corrected chi connectivity index (χ0v) is 17.4. The standard InChI is InChI=1S/C21H34N2O4/c1-17(18-6-8-19(9-7-18)26-16-24-5)22-27-15-14-25-20-10-12-23(13-11-20)21(2,3)4/h6-9,20H,10-16H2,1-5H3. The Kier molecular flexibility index (Phi) is 8.54. The van der Waals surface area contributed by atoms with Crippen LogP contribution in [0.4, 0.5) is 0 Å². The molecule has 1 fully saturated rings. The predicted octanol–water partition coefficient (Wildman–Crippen LogP) is 3.69. The van der Waals surface area contributed by atoms with E-state index in [0.717, 1.165) is 43.0 Å². The number of rotatable bonds is 9. The van der Waals surface area contributed by atoms with Crippen molar-refractivity contribution in [1.29, 1.82) is 0 Å². The molecule has 1 saturated heterocycles. The van der Waals surface area contributed by atoms with Crippen molar-refractivity contribution < 1.29 is 19.0 Å². The number of methoxy groups -OCH3 is 1. The van der Waals surface area contributed by atoms with Crippen molar-refractivity contribution in [3.63, 3.8) is 0 Å². The van der Waals surface area contributed by atoms with Gasteiger partial charge in [-0.05, 0) is 70.4 Å². The van der Waals surface area contributed by atoms with Crippen molar-refractivity contribution in [2.45, 2.75) is 52.2 Å². The number of benzene rings is 1. The van der Waals surface area contributed by atoms with Crippen LogP contribution in [0.25, 0.3) is 0 Å². The summed E-state index contributed by atoms with van der Waals surface area (Å²) in [5.41, 5.74) is 2.07. The minimum atomic E-state index is 0.241. The van der Waals surface area contributed by atoms with Crippen molar-refractivity contribution in [3.8, 4) is 5.75 Å². The summed E-state index contributed by atoms with van der Waals surface area (Å²) in [4.78, 5) is 7.93. The zero-order valence-electron chi connectivity index (χ0n) is 17.4. The topological polar surface area (TPSA) is 52.5 Å². The molecule has 152 valence electrons. The van der Waals surface area contributed by atoms with Gasteiger partial charge < -0.3 is 19.0 Å². The van der Waals surface area contributed by atoms with Crippen LogP contribution in [0, 0.1) is 0 Å². The van der Waals surface area contributed by atoms with Crippen LogP contribution < -0.4 is 4.74 Å². The Morgan fingerprint density at radius 3 is 2.37 bits per heavy atom. The molecule has 0 aromatic heterocycles. The second-order valence-electron chi connectivity index (χ2n) is 7.81. The second-order valence-corrected chi connectivity index (χ2v) is 7.81. The van der Waals surface area contributed by atoms with E-state index in [1.807, 2.05) is 31.2 Å². The highest BCUT2D eigenvalue weighted by molar-refractivity contribution is 5.98. The summed E-state index contributed by atoms with van der Waals surface area (Å²) in [7, 11) is 1.60. The minimum Gasteiger partial charge on any atom is -0.468 e. The van der Waals surface area contributed by atoms with Crippen LogP contribution in [0.15, 0.2) is 29.4 Å². The lowest BCUT2D eigenvalue weighted by atomic mass is 9.99. The molecule has 6 nitrogen and oxygen atoms in total. The summed E-state index contributed by atoms with van der Waals surface area (Å²) in [6.45, 7) is 12.2. The molecule has 0 N–H and O–H groups in total. The van der Waals surface area contributed by atoms with Crippen LogP contribution in [-0.4, -0.2) is 62.5 Å². The van der Waals surface area contributed by atoms with Crippen molar-refractivity contribution in [1.82, 2.24) is 4.90 Å². The highest BCUT2D eigenvalue weighted by Crippen LogP contribution is 2.21. The molecule has 1 aromatic rings. The highest BCUT2D eigenvalue weighted by atomic mass is 16.7. The summed E-state index contributed by atoms with van der Waals surface area (Å²) in [6, 6.07) is 7.68. The molecule has 0 atom stereocenters. The van der Waals surface area contributed by atoms with Gasteiger partial charge >= 0.3 is 0 Å². The Morgan fingerprint density at radius 1 is 1.11 bits per heavy atom. The number of ether oxygens (including phenoxy) is 3. The predicted molar refractivity (Wildman–Crippen MR) is 107 cm³/mol. The number of piperidine rings is 1. The molecule has 0 spiro atoms. The molecule has 0 bridgehead atoms. The molecule has 1 aliphatic rings. The Bertz CT molecular complexity index is 573. The van der Waals surface area contributed by atoms with Gasteiger partial charge in [0.15, 0.2) is 6.79 Å². The molecule has 1 aliphatic heterocycles. The van der Waals surface area contributed by atoms with E-state index in [1.54, 1.807) is 7.11 Å². The van der Waals surface area contributed by atoms with E-state index in [2.05, 4.69) is 30.8 Å². The number of hydrogen-bond donors (Lipinski definition) is 0. The van der Waals surface area contributed by atoms with E-state index in [4.69, 9.17) is 19.0 Å². The second kappa shape index (κ2) is 10.6. The smallest absolute Gasteiger partial charge is 0.188 e. The lowest BCUT2D eigenvalue weighted by molar-refractivity contribution is -0.0342. The fraction of sp³-hybridized carbons (Fsp3) is 0.667. The first kappa shape index (κ1) is 21.7. The maximum absolute atomic E-state index is 5.94. The number of nitrogens with zero attached hydrogens (tertiary/aromatic N) is 2. The van der Waals surface area contributed by atoms with Gasteiger partial charge in [0.1, 0.15) is 12.4 Å². The van der Waals surface area contributed by atoms with E-state index in [1.165, 1.54) is 0 Å². The monoisotopic (exact) mass is 378 g/mol. The van der Waals surface area contributed by atoms with Gasteiger partial charge in [0.2, 0.25) is 0 Å². The average Bonchev–Trinajstić information content (AvgIpc) is 2.66. The summed E-state index contributed by atoms with van der Waals surface area (Å²) in [5.74, 6) is 0.764. The van der Waals surface area contributed by atoms with E-state index in [9.17, 15) is 0 Å². The number of likely N-dealkylation sites (tertiary alicyclic amines) is 1. The van der Waals surface area contributed by atoms with E-state index in [-0.39, 0.29) is 12.3 Å². The van der Waals surface area contributed by atoms with E-state index < -0.39 is 0 Å².